The minimum absolute atomic E-state index is 0.301. The topological polar surface area (TPSA) is 33.7 Å². The van der Waals surface area contributed by atoms with Gasteiger partial charge in [0.1, 0.15) is 0 Å². The molecule has 1 aliphatic heterocycles. The van der Waals surface area contributed by atoms with Gasteiger partial charge in [0.15, 0.2) is 11.5 Å². The predicted molar refractivity (Wildman–Crippen MR) is 107 cm³/mol. The number of nitrogens with one attached hydrogen (secondary N) is 1. The molecule has 4 nitrogen and oxygen atoms in total. The number of benzene rings is 2. The van der Waals surface area contributed by atoms with Crippen LogP contribution in [0.25, 0.3) is 0 Å². The van der Waals surface area contributed by atoms with E-state index in [-0.39, 0.29) is 0 Å². The number of methoxy groups -OCH3 is 2. The van der Waals surface area contributed by atoms with Crippen molar-refractivity contribution < 1.29 is 22.6 Å². The van der Waals surface area contributed by atoms with E-state index in [1.807, 2.05) is 6.07 Å². The van der Waals surface area contributed by atoms with E-state index in [4.69, 9.17) is 21.1 Å². The molecule has 1 saturated heterocycles. The molecular weight excluding hydrogens is 405 g/mol. The van der Waals surface area contributed by atoms with Crippen molar-refractivity contribution in [1.29, 1.82) is 0 Å². The van der Waals surface area contributed by atoms with Gasteiger partial charge in [-0.1, -0.05) is 17.7 Å². The molecule has 0 aromatic heterocycles. The van der Waals surface area contributed by atoms with E-state index < -0.39 is 17.8 Å². The number of halogens is 4. The first-order valence-corrected chi connectivity index (χ1v) is 9.76. The summed E-state index contributed by atoms with van der Waals surface area (Å²) in [5.41, 5.74) is 0.511. The summed E-state index contributed by atoms with van der Waals surface area (Å²) in [6.07, 6.45) is -3.55. The molecule has 2 aromatic rings. The maximum atomic E-state index is 13.4. The summed E-state index contributed by atoms with van der Waals surface area (Å²) < 4.78 is 50.9. The van der Waals surface area contributed by atoms with Gasteiger partial charge < -0.3 is 14.8 Å². The molecule has 0 saturated carbocycles. The first kappa shape index (κ1) is 21.7. The van der Waals surface area contributed by atoms with E-state index in [2.05, 4.69) is 10.2 Å². The SMILES string of the molecule is COc1ccc(C(c2cc(C(F)(F)F)ccc2Cl)N2CCCNCC2)cc1OC. The lowest BCUT2D eigenvalue weighted by molar-refractivity contribution is -0.137. The van der Waals surface area contributed by atoms with Crippen LogP contribution in [0.15, 0.2) is 36.4 Å². The second kappa shape index (κ2) is 9.24. The van der Waals surface area contributed by atoms with Crippen molar-refractivity contribution in [2.75, 3.05) is 40.4 Å². The molecule has 1 heterocycles. The molecule has 1 N–H and O–H groups in total. The third-order valence-electron chi connectivity index (χ3n) is 5.08. The Hall–Kier alpha value is -1.96. The van der Waals surface area contributed by atoms with Gasteiger partial charge in [-0.25, -0.2) is 0 Å². The van der Waals surface area contributed by atoms with Gasteiger partial charge in [0.05, 0.1) is 25.8 Å². The molecule has 1 fully saturated rings. The lowest BCUT2D eigenvalue weighted by Gasteiger charge is -2.32. The Morgan fingerprint density at radius 3 is 2.45 bits per heavy atom. The molecule has 3 rings (SSSR count). The zero-order chi connectivity index (χ0) is 21.0. The Kier molecular flexibility index (Phi) is 6.93. The highest BCUT2D eigenvalue weighted by Crippen LogP contribution is 2.40. The van der Waals surface area contributed by atoms with Crippen molar-refractivity contribution in [3.05, 3.63) is 58.1 Å². The molecule has 0 bridgehead atoms. The monoisotopic (exact) mass is 428 g/mol. The Labute approximate surface area is 173 Å². The van der Waals surface area contributed by atoms with Crippen LogP contribution in [0.2, 0.25) is 5.02 Å². The Morgan fingerprint density at radius 1 is 1.00 bits per heavy atom. The molecule has 29 heavy (non-hydrogen) atoms. The van der Waals surface area contributed by atoms with Gasteiger partial charge >= 0.3 is 6.18 Å². The maximum Gasteiger partial charge on any atom is 0.416 e. The van der Waals surface area contributed by atoms with Gasteiger partial charge in [-0.2, -0.15) is 13.2 Å². The minimum Gasteiger partial charge on any atom is -0.493 e. The van der Waals surface area contributed by atoms with Crippen LogP contribution < -0.4 is 14.8 Å². The molecule has 8 heteroatoms. The average Bonchev–Trinajstić information content (AvgIpc) is 2.98. The van der Waals surface area contributed by atoms with Crippen molar-refractivity contribution in [2.24, 2.45) is 0 Å². The van der Waals surface area contributed by atoms with Gasteiger partial charge in [0.25, 0.3) is 0 Å². The van der Waals surface area contributed by atoms with E-state index in [1.54, 1.807) is 19.2 Å². The maximum absolute atomic E-state index is 13.4. The summed E-state index contributed by atoms with van der Waals surface area (Å²) in [6.45, 7) is 3.04. The van der Waals surface area contributed by atoms with Crippen molar-refractivity contribution in [1.82, 2.24) is 10.2 Å². The van der Waals surface area contributed by atoms with Crippen molar-refractivity contribution in [3.8, 4) is 11.5 Å². The van der Waals surface area contributed by atoms with Crippen molar-refractivity contribution in [2.45, 2.75) is 18.6 Å². The van der Waals surface area contributed by atoms with Gasteiger partial charge in [-0.3, -0.25) is 4.90 Å². The normalized spacial score (nSPS) is 16.9. The second-order valence-electron chi connectivity index (χ2n) is 6.89. The first-order chi connectivity index (χ1) is 13.8. The smallest absolute Gasteiger partial charge is 0.416 e. The molecule has 158 valence electrons. The van der Waals surface area contributed by atoms with Crippen LogP contribution in [0.4, 0.5) is 13.2 Å². The molecule has 1 atom stereocenters. The fraction of sp³-hybridized carbons (Fsp3) is 0.429. The Morgan fingerprint density at radius 2 is 1.76 bits per heavy atom. The average molecular weight is 429 g/mol. The van der Waals surface area contributed by atoms with Crippen LogP contribution in [-0.4, -0.2) is 45.3 Å². The Bertz CT molecular complexity index is 837. The minimum atomic E-state index is -4.44. The van der Waals surface area contributed by atoms with Crippen LogP contribution in [0.1, 0.15) is 29.2 Å². The zero-order valence-corrected chi connectivity index (χ0v) is 17.1. The fourth-order valence-electron chi connectivity index (χ4n) is 3.66. The van der Waals surface area contributed by atoms with Gasteiger partial charge in [-0.05, 0) is 54.4 Å². The van der Waals surface area contributed by atoms with Crippen molar-refractivity contribution in [3.63, 3.8) is 0 Å². The van der Waals surface area contributed by atoms with Crippen LogP contribution in [0.3, 0.4) is 0 Å². The predicted octanol–water partition coefficient (Wildman–Crippen LogP) is 4.76. The fourth-order valence-corrected chi connectivity index (χ4v) is 3.89. The Balaban J connectivity index is 2.14. The number of rotatable bonds is 5. The molecule has 0 radical (unpaired) electrons. The second-order valence-corrected chi connectivity index (χ2v) is 7.30. The lowest BCUT2D eigenvalue weighted by atomic mass is 9.94. The standard InChI is InChI=1S/C21H24ClF3N2O2/c1-28-18-7-4-14(12-19(18)29-2)20(27-10-3-8-26-9-11-27)16-13-15(21(23,24)25)5-6-17(16)22/h4-7,12-13,20,26H,3,8-11H2,1-2H3. The van der Waals surface area contributed by atoms with Gasteiger partial charge in [0, 0.05) is 24.7 Å². The zero-order valence-electron chi connectivity index (χ0n) is 16.4. The van der Waals surface area contributed by atoms with Crippen molar-refractivity contribution >= 4 is 11.6 Å². The largest absolute Gasteiger partial charge is 0.493 e. The van der Waals surface area contributed by atoms with Gasteiger partial charge in [0.2, 0.25) is 0 Å². The molecule has 1 aliphatic rings. The number of ether oxygens (including phenoxy) is 2. The lowest BCUT2D eigenvalue weighted by Crippen LogP contribution is -2.33. The van der Waals surface area contributed by atoms with Crippen LogP contribution >= 0.6 is 11.6 Å². The number of alkyl halides is 3. The number of nitrogens with zero attached hydrogens (tertiary/aromatic N) is 1. The molecule has 0 spiro atoms. The van der Waals surface area contributed by atoms with E-state index in [1.165, 1.54) is 13.2 Å². The highest BCUT2D eigenvalue weighted by molar-refractivity contribution is 6.31. The van der Waals surface area contributed by atoms with Crippen LogP contribution in [0, 0.1) is 0 Å². The molecule has 0 amide bonds. The molecule has 0 aliphatic carbocycles. The van der Waals surface area contributed by atoms with Crippen LogP contribution in [0.5, 0.6) is 11.5 Å². The summed E-state index contributed by atoms with van der Waals surface area (Å²) in [4.78, 5) is 2.16. The molecular formula is C21H24ClF3N2O2. The molecule has 1 unspecified atom stereocenters. The third-order valence-corrected chi connectivity index (χ3v) is 5.43. The quantitative estimate of drug-likeness (QED) is 0.744. The first-order valence-electron chi connectivity index (χ1n) is 9.38. The summed E-state index contributed by atoms with van der Waals surface area (Å²) in [6, 6.07) is 8.47. The van der Waals surface area contributed by atoms with E-state index in [9.17, 15) is 13.2 Å². The van der Waals surface area contributed by atoms with E-state index >= 15 is 0 Å². The summed E-state index contributed by atoms with van der Waals surface area (Å²) in [7, 11) is 3.07. The third kappa shape index (κ3) is 4.97. The number of hydrogen-bond acceptors (Lipinski definition) is 4. The van der Waals surface area contributed by atoms with Gasteiger partial charge in [-0.15, -0.1) is 0 Å². The summed E-state index contributed by atoms with van der Waals surface area (Å²) >= 11 is 6.42. The highest BCUT2D eigenvalue weighted by Gasteiger charge is 2.33. The summed E-state index contributed by atoms with van der Waals surface area (Å²) in [5.74, 6) is 1.08. The van der Waals surface area contributed by atoms with Crippen LogP contribution in [-0.2, 0) is 6.18 Å². The summed E-state index contributed by atoms with van der Waals surface area (Å²) in [5, 5.41) is 3.63. The highest BCUT2D eigenvalue weighted by atomic mass is 35.5. The van der Waals surface area contributed by atoms with E-state index in [0.717, 1.165) is 43.8 Å². The number of hydrogen-bond donors (Lipinski definition) is 1. The molecule has 2 aromatic carbocycles. The van der Waals surface area contributed by atoms with E-state index in [0.29, 0.717) is 28.6 Å².